The van der Waals surface area contributed by atoms with E-state index in [1.807, 2.05) is 0 Å². The molecule has 0 spiro atoms. The Bertz CT molecular complexity index is 406. The van der Waals surface area contributed by atoms with E-state index in [1.54, 1.807) is 5.32 Å². The van der Waals surface area contributed by atoms with Crippen LogP contribution in [0, 0.1) is 0 Å². The molecule has 18 heavy (non-hydrogen) atoms. The fraction of sp³-hybridized carbons (Fsp3) is 0.556. The maximum absolute atomic E-state index is 12.5. The number of halogens is 6. The number of carbonyl (C=O) groups excluding carboxylic acids is 1. The zero-order chi connectivity index (χ0) is 14.1. The number of Topliss-reactive ketones (excluding diaryl/α,β-unsaturated/α-hetero) is 1. The summed E-state index contributed by atoms with van der Waals surface area (Å²) in [7, 11) is 0. The fourth-order valence-corrected chi connectivity index (χ4v) is 1.28. The summed E-state index contributed by atoms with van der Waals surface area (Å²) in [4.78, 5) is 14.3. The van der Waals surface area contributed by atoms with E-state index in [0.29, 0.717) is 6.21 Å². The molecule has 0 aromatic carbocycles. The van der Waals surface area contributed by atoms with E-state index in [-0.39, 0.29) is 6.42 Å². The predicted octanol–water partition coefficient (Wildman–Crippen LogP) is 2.34. The Morgan fingerprint density at radius 2 is 1.89 bits per heavy atom. The lowest BCUT2D eigenvalue weighted by atomic mass is 10.1. The number of nitrogens with one attached hydrogen (secondary N) is 1. The van der Waals surface area contributed by atoms with E-state index in [4.69, 9.17) is 0 Å². The van der Waals surface area contributed by atoms with Gasteiger partial charge in [-0.05, 0) is 6.42 Å². The Kier molecular flexibility index (Phi) is 3.72. The summed E-state index contributed by atoms with van der Waals surface area (Å²) in [5.74, 6) is -2.57. The minimum atomic E-state index is -5.38. The number of carbonyl (C=O) groups is 1. The third kappa shape index (κ3) is 3.02. The number of hydrogen-bond donors (Lipinski definition) is 1. The minimum absolute atomic E-state index is 0.142. The second kappa shape index (κ2) is 4.62. The molecule has 1 unspecified atom stereocenters. The normalized spacial score (nSPS) is 20.9. The van der Waals surface area contributed by atoms with Crippen molar-refractivity contribution in [2.45, 2.75) is 31.9 Å². The molecule has 1 rings (SSSR count). The zero-order valence-electron chi connectivity index (χ0n) is 8.99. The molecule has 1 aliphatic heterocycles. The summed E-state index contributed by atoms with van der Waals surface area (Å²) in [5.41, 5.74) is -3.22. The van der Waals surface area contributed by atoms with Gasteiger partial charge in [-0.25, -0.2) is 0 Å². The van der Waals surface area contributed by atoms with Gasteiger partial charge in [-0.2, -0.15) is 26.3 Å². The van der Waals surface area contributed by atoms with Gasteiger partial charge in [0, 0.05) is 6.21 Å². The van der Waals surface area contributed by atoms with Crippen molar-refractivity contribution in [2.75, 3.05) is 0 Å². The zero-order valence-corrected chi connectivity index (χ0v) is 8.99. The summed E-state index contributed by atoms with van der Waals surface area (Å²) in [6.45, 7) is 1.50. The molecule has 3 nitrogen and oxygen atoms in total. The van der Waals surface area contributed by atoms with Crippen LogP contribution >= 0.6 is 0 Å². The van der Waals surface area contributed by atoms with E-state index in [2.05, 4.69) is 4.99 Å². The average molecular weight is 274 g/mol. The van der Waals surface area contributed by atoms with Crippen molar-refractivity contribution in [1.29, 1.82) is 0 Å². The molecule has 1 atom stereocenters. The van der Waals surface area contributed by atoms with Gasteiger partial charge in [0.2, 0.25) is 0 Å². The number of ketones is 1. The molecule has 0 radical (unpaired) electrons. The summed E-state index contributed by atoms with van der Waals surface area (Å²) in [6, 6.07) is 0. The molecule has 0 bridgehead atoms. The minimum Gasteiger partial charge on any atom is -0.359 e. The van der Waals surface area contributed by atoms with Gasteiger partial charge in [-0.1, -0.05) is 6.92 Å². The first-order valence-corrected chi connectivity index (χ1v) is 4.80. The van der Waals surface area contributed by atoms with Crippen LogP contribution in [0.4, 0.5) is 26.3 Å². The van der Waals surface area contributed by atoms with E-state index in [9.17, 15) is 31.1 Å². The standard InChI is InChI=1S/C9H8F6N2O/c1-2-5-16-3-4(7(18)9(13,14)15)6(17-5)8(10,11)12/h3,5,17H,2H2,1H3. The lowest BCUT2D eigenvalue weighted by molar-refractivity contribution is -0.166. The van der Waals surface area contributed by atoms with Crippen LogP contribution in [-0.4, -0.2) is 30.5 Å². The number of allylic oxidation sites excluding steroid dienone is 2. The van der Waals surface area contributed by atoms with E-state index in [0.717, 1.165) is 0 Å². The molecule has 0 aromatic heterocycles. The largest absolute Gasteiger partial charge is 0.455 e. The van der Waals surface area contributed by atoms with Gasteiger partial charge < -0.3 is 5.32 Å². The van der Waals surface area contributed by atoms with Crippen molar-refractivity contribution < 1.29 is 31.1 Å². The number of rotatable bonds is 2. The molecule has 1 heterocycles. The van der Waals surface area contributed by atoms with Crippen molar-refractivity contribution in [3.8, 4) is 0 Å². The smallest absolute Gasteiger partial charge is 0.359 e. The Morgan fingerprint density at radius 1 is 1.33 bits per heavy atom. The van der Waals surface area contributed by atoms with Crippen molar-refractivity contribution in [3.63, 3.8) is 0 Å². The first-order valence-electron chi connectivity index (χ1n) is 4.80. The first-order chi connectivity index (χ1) is 8.07. The maximum atomic E-state index is 12.5. The lowest BCUT2D eigenvalue weighted by Gasteiger charge is -2.25. The predicted molar refractivity (Wildman–Crippen MR) is 49.8 cm³/mol. The van der Waals surface area contributed by atoms with Crippen molar-refractivity contribution >= 4 is 12.0 Å². The fourth-order valence-electron chi connectivity index (χ4n) is 1.28. The summed E-state index contributed by atoms with van der Waals surface area (Å²) >= 11 is 0. The van der Waals surface area contributed by atoms with Gasteiger partial charge in [0.15, 0.2) is 0 Å². The van der Waals surface area contributed by atoms with Gasteiger partial charge in [-0.15, -0.1) is 0 Å². The van der Waals surface area contributed by atoms with Crippen LogP contribution in [0.2, 0.25) is 0 Å². The molecule has 0 saturated carbocycles. The average Bonchev–Trinajstić information content (AvgIpc) is 2.24. The Morgan fingerprint density at radius 3 is 2.28 bits per heavy atom. The monoisotopic (exact) mass is 274 g/mol. The summed E-state index contributed by atoms with van der Waals surface area (Å²) in [5, 5.41) is 1.78. The summed E-state index contributed by atoms with van der Waals surface area (Å²) in [6.07, 6.45) is -11.0. The molecular weight excluding hydrogens is 266 g/mol. The highest BCUT2D eigenvalue weighted by Crippen LogP contribution is 2.31. The lowest BCUT2D eigenvalue weighted by Crippen LogP contribution is -2.41. The van der Waals surface area contributed by atoms with Crippen LogP contribution in [0.5, 0.6) is 0 Å². The quantitative estimate of drug-likeness (QED) is 0.785. The molecule has 0 aliphatic carbocycles. The molecular formula is C9H8F6N2O. The van der Waals surface area contributed by atoms with Crippen molar-refractivity contribution in [2.24, 2.45) is 4.99 Å². The van der Waals surface area contributed by atoms with Crippen LogP contribution in [0.25, 0.3) is 0 Å². The van der Waals surface area contributed by atoms with Crippen LogP contribution in [0.1, 0.15) is 13.3 Å². The van der Waals surface area contributed by atoms with E-state index < -0.39 is 35.6 Å². The molecule has 0 amide bonds. The molecule has 0 aromatic rings. The Labute approximate surface area is 97.6 Å². The SMILES string of the molecule is CCC1N=CC(C(=O)C(F)(F)F)=C(C(F)(F)F)N1. The number of hydrogen-bond acceptors (Lipinski definition) is 3. The molecule has 1 aliphatic rings. The van der Waals surface area contributed by atoms with Gasteiger partial charge in [-0.3, -0.25) is 9.79 Å². The Hall–Kier alpha value is -1.54. The van der Waals surface area contributed by atoms with Crippen LogP contribution in [0.15, 0.2) is 16.3 Å². The van der Waals surface area contributed by atoms with Crippen molar-refractivity contribution in [1.82, 2.24) is 5.32 Å². The molecule has 0 saturated heterocycles. The number of nitrogens with zero attached hydrogens (tertiary/aromatic N) is 1. The first kappa shape index (κ1) is 14.5. The number of alkyl halides is 6. The maximum Gasteiger partial charge on any atom is 0.455 e. The topological polar surface area (TPSA) is 41.5 Å². The molecule has 9 heteroatoms. The number of aliphatic imine (C=N–C) groups is 1. The van der Waals surface area contributed by atoms with Gasteiger partial charge >= 0.3 is 12.4 Å². The van der Waals surface area contributed by atoms with Gasteiger partial charge in [0.25, 0.3) is 5.78 Å². The van der Waals surface area contributed by atoms with Crippen LogP contribution in [-0.2, 0) is 4.79 Å². The second-order valence-electron chi connectivity index (χ2n) is 3.46. The third-order valence-electron chi connectivity index (χ3n) is 2.14. The van der Waals surface area contributed by atoms with E-state index >= 15 is 0 Å². The Balaban J connectivity index is 3.23. The van der Waals surface area contributed by atoms with Crippen molar-refractivity contribution in [3.05, 3.63) is 11.3 Å². The molecule has 0 fully saturated rings. The van der Waals surface area contributed by atoms with E-state index in [1.165, 1.54) is 6.92 Å². The molecule has 102 valence electrons. The van der Waals surface area contributed by atoms with Crippen LogP contribution < -0.4 is 5.32 Å². The highest BCUT2D eigenvalue weighted by atomic mass is 19.4. The highest BCUT2D eigenvalue weighted by Gasteiger charge is 2.47. The van der Waals surface area contributed by atoms with Gasteiger partial charge in [0.1, 0.15) is 11.9 Å². The second-order valence-corrected chi connectivity index (χ2v) is 3.46. The third-order valence-corrected chi connectivity index (χ3v) is 2.14. The summed E-state index contributed by atoms with van der Waals surface area (Å²) < 4.78 is 74.0. The highest BCUT2D eigenvalue weighted by molar-refractivity contribution is 6.16. The van der Waals surface area contributed by atoms with Crippen LogP contribution in [0.3, 0.4) is 0 Å². The van der Waals surface area contributed by atoms with Gasteiger partial charge in [0.05, 0.1) is 5.57 Å². The molecule has 1 N–H and O–H groups in total.